The molecule has 1 heterocycles. The minimum absolute atomic E-state index is 0.116. The number of methoxy groups -OCH3 is 1. The average molecular weight is 447 g/mol. The number of carbonyl (C=O) groups excluding carboxylic acids is 1. The molecule has 2 aromatic carbocycles. The summed E-state index contributed by atoms with van der Waals surface area (Å²) in [6, 6.07) is 13.7. The third-order valence-corrected chi connectivity index (χ3v) is 7.21. The number of hydrogen-bond acceptors (Lipinski definition) is 5. The molecular formula is C23H30N2O5S. The van der Waals surface area contributed by atoms with Crippen LogP contribution in [0.3, 0.4) is 0 Å². The molecular weight excluding hydrogens is 416 g/mol. The van der Waals surface area contributed by atoms with Crippen molar-refractivity contribution in [2.45, 2.75) is 49.6 Å². The highest BCUT2D eigenvalue weighted by atomic mass is 32.2. The summed E-state index contributed by atoms with van der Waals surface area (Å²) in [4.78, 5) is 12.9. The van der Waals surface area contributed by atoms with Crippen molar-refractivity contribution in [3.05, 3.63) is 54.1 Å². The summed E-state index contributed by atoms with van der Waals surface area (Å²) in [7, 11) is -0.419. The molecule has 1 aliphatic heterocycles. The number of rotatable bonds is 8. The van der Waals surface area contributed by atoms with Crippen LogP contribution in [0, 0.1) is 0 Å². The molecule has 168 valence electrons. The summed E-state index contributed by atoms with van der Waals surface area (Å²) < 4.78 is 37.8. The number of nitrogens with one attached hydrogen (secondary N) is 1. The van der Waals surface area contributed by atoms with E-state index in [4.69, 9.17) is 9.47 Å². The van der Waals surface area contributed by atoms with Gasteiger partial charge in [-0.05, 0) is 44.5 Å². The predicted molar refractivity (Wildman–Crippen MR) is 119 cm³/mol. The van der Waals surface area contributed by atoms with Gasteiger partial charge in [0.25, 0.3) is 0 Å². The van der Waals surface area contributed by atoms with Crippen LogP contribution in [0.25, 0.3) is 0 Å². The Labute approximate surface area is 184 Å². The van der Waals surface area contributed by atoms with Crippen molar-refractivity contribution in [1.82, 2.24) is 9.62 Å². The van der Waals surface area contributed by atoms with Crippen molar-refractivity contribution in [3.63, 3.8) is 0 Å². The van der Waals surface area contributed by atoms with E-state index in [2.05, 4.69) is 5.32 Å². The first kappa shape index (κ1) is 23.1. The molecule has 7 nitrogen and oxygen atoms in total. The fourth-order valence-corrected chi connectivity index (χ4v) is 4.94. The first-order valence-corrected chi connectivity index (χ1v) is 11.7. The third kappa shape index (κ3) is 5.57. The van der Waals surface area contributed by atoms with Gasteiger partial charge in [-0.3, -0.25) is 4.79 Å². The van der Waals surface area contributed by atoms with E-state index in [1.807, 2.05) is 32.0 Å². The molecule has 0 saturated heterocycles. The van der Waals surface area contributed by atoms with Crippen LogP contribution in [-0.2, 0) is 14.8 Å². The molecule has 1 atom stereocenters. The minimum atomic E-state index is -3.55. The summed E-state index contributed by atoms with van der Waals surface area (Å²) >= 11 is 0. The van der Waals surface area contributed by atoms with Crippen LogP contribution in [0.4, 0.5) is 0 Å². The number of carbonyl (C=O) groups is 1. The quantitative estimate of drug-likeness (QED) is 0.671. The van der Waals surface area contributed by atoms with Crippen molar-refractivity contribution in [2.24, 2.45) is 0 Å². The zero-order valence-corrected chi connectivity index (χ0v) is 19.2. The van der Waals surface area contributed by atoms with Gasteiger partial charge in [-0.1, -0.05) is 18.2 Å². The smallest absolute Gasteiger partial charge is 0.242 e. The lowest BCUT2D eigenvalue weighted by Crippen LogP contribution is -2.41. The van der Waals surface area contributed by atoms with Crippen LogP contribution in [-0.4, -0.2) is 44.9 Å². The molecule has 0 aliphatic carbocycles. The van der Waals surface area contributed by atoms with Gasteiger partial charge in [0.05, 0.1) is 18.0 Å². The molecule has 0 saturated carbocycles. The minimum Gasteiger partial charge on any atom is -0.497 e. The number of benzene rings is 2. The maximum absolute atomic E-state index is 12.6. The lowest BCUT2D eigenvalue weighted by molar-refractivity contribution is -0.122. The molecule has 0 fully saturated rings. The predicted octanol–water partition coefficient (Wildman–Crippen LogP) is 3.51. The van der Waals surface area contributed by atoms with Crippen LogP contribution in [0.1, 0.15) is 44.7 Å². The van der Waals surface area contributed by atoms with Crippen LogP contribution < -0.4 is 14.8 Å². The Hall–Kier alpha value is -2.58. The Bertz CT molecular complexity index is 1020. The fraction of sp³-hybridized carbons (Fsp3) is 0.435. The topological polar surface area (TPSA) is 84.9 Å². The number of fused-ring (bicyclic) bond motifs is 1. The average Bonchev–Trinajstić information content (AvgIpc) is 2.72. The molecule has 31 heavy (non-hydrogen) atoms. The largest absolute Gasteiger partial charge is 0.497 e. The van der Waals surface area contributed by atoms with Crippen LogP contribution in [0.2, 0.25) is 0 Å². The zero-order valence-electron chi connectivity index (χ0n) is 18.4. The molecule has 1 unspecified atom stereocenters. The zero-order chi connectivity index (χ0) is 22.6. The molecule has 1 aliphatic rings. The standard InChI is InChI=1S/C23H30N2O5S/c1-23(2)16-20(19-13-12-17(29-4)15-21(19)30-23)24-22(26)11-8-14-25(3)31(27,28)18-9-6-5-7-10-18/h5-7,9-10,12-13,15,20H,8,11,14,16H2,1-4H3,(H,24,26). The summed E-state index contributed by atoms with van der Waals surface area (Å²) in [5.74, 6) is 1.29. The maximum atomic E-state index is 12.6. The van der Waals surface area contributed by atoms with Crippen molar-refractivity contribution in [2.75, 3.05) is 20.7 Å². The lowest BCUT2D eigenvalue weighted by atomic mass is 9.89. The van der Waals surface area contributed by atoms with Gasteiger partial charge in [0.1, 0.15) is 17.1 Å². The molecule has 0 spiro atoms. The number of amides is 1. The lowest BCUT2D eigenvalue weighted by Gasteiger charge is -2.38. The monoisotopic (exact) mass is 446 g/mol. The second kappa shape index (κ2) is 9.28. The Morgan fingerprint density at radius 2 is 1.94 bits per heavy atom. The molecule has 1 N–H and O–H groups in total. The first-order valence-electron chi connectivity index (χ1n) is 10.3. The van der Waals surface area contributed by atoms with Crippen molar-refractivity contribution >= 4 is 15.9 Å². The van der Waals surface area contributed by atoms with Crippen molar-refractivity contribution in [3.8, 4) is 11.5 Å². The van der Waals surface area contributed by atoms with Crippen LogP contribution >= 0.6 is 0 Å². The molecule has 1 amide bonds. The number of sulfonamides is 1. The highest BCUT2D eigenvalue weighted by Crippen LogP contribution is 2.41. The van der Waals surface area contributed by atoms with Crippen LogP contribution in [0.15, 0.2) is 53.4 Å². The first-order chi connectivity index (χ1) is 14.6. The molecule has 0 bridgehead atoms. The second-order valence-corrected chi connectivity index (χ2v) is 10.4. The van der Waals surface area contributed by atoms with E-state index in [9.17, 15) is 13.2 Å². The summed E-state index contributed by atoms with van der Waals surface area (Å²) in [6.07, 6.45) is 1.30. The maximum Gasteiger partial charge on any atom is 0.242 e. The number of ether oxygens (including phenoxy) is 2. The van der Waals surface area contributed by atoms with Gasteiger partial charge in [0.15, 0.2) is 0 Å². The molecule has 8 heteroatoms. The van der Waals surface area contributed by atoms with E-state index in [1.165, 1.54) is 11.4 Å². The van der Waals surface area contributed by atoms with Gasteiger partial charge < -0.3 is 14.8 Å². The van der Waals surface area contributed by atoms with Gasteiger partial charge >= 0.3 is 0 Å². The summed E-state index contributed by atoms with van der Waals surface area (Å²) in [5.41, 5.74) is 0.485. The summed E-state index contributed by atoms with van der Waals surface area (Å²) in [5, 5.41) is 3.08. The highest BCUT2D eigenvalue weighted by molar-refractivity contribution is 7.89. The van der Waals surface area contributed by atoms with Gasteiger partial charge in [-0.15, -0.1) is 0 Å². The third-order valence-electron chi connectivity index (χ3n) is 5.34. The van der Waals surface area contributed by atoms with Gasteiger partial charge in [-0.2, -0.15) is 0 Å². The second-order valence-electron chi connectivity index (χ2n) is 8.33. The molecule has 0 aromatic heterocycles. The van der Waals surface area contributed by atoms with E-state index in [0.717, 1.165) is 5.56 Å². The van der Waals surface area contributed by atoms with Crippen LogP contribution in [0.5, 0.6) is 11.5 Å². The van der Waals surface area contributed by atoms with Gasteiger partial charge in [0, 0.05) is 38.1 Å². The van der Waals surface area contributed by atoms with E-state index < -0.39 is 15.6 Å². The Morgan fingerprint density at radius 1 is 1.23 bits per heavy atom. The van der Waals surface area contributed by atoms with Crippen molar-refractivity contribution in [1.29, 1.82) is 0 Å². The highest BCUT2D eigenvalue weighted by Gasteiger charge is 2.34. The fourth-order valence-electron chi connectivity index (χ4n) is 3.71. The number of nitrogens with zero attached hydrogens (tertiary/aromatic N) is 1. The van der Waals surface area contributed by atoms with E-state index in [1.54, 1.807) is 37.4 Å². The van der Waals surface area contributed by atoms with E-state index in [0.29, 0.717) is 24.3 Å². The Kier molecular flexibility index (Phi) is 6.91. The molecule has 3 rings (SSSR count). The Balaban J connectivity index is 1.59. The van der Waals surface area contributed by atoms with E-state index in [-0.39, 0.29) is 29.8 Å². The summed E-state index contributed by atoms with van der Waals surface area (Å²) in [6.45, 7) is 4.23. The molecule has 0 radical (unpaired) electrons. The SMILES string of the molecule is COc1ccc2c(c1)OC(C)(C)CC2NC(=O)CCCN(C)S(=O)(=O)c1ccccc1. The molecule has 2 aromatic rings. The van der Waals surface area contributed by atoms with Gasteiger partial charge in [-0.25, -0.2) is 12.7 Å². The van der Waals surface area contributed by atoms with Crippen molar-refractivity contribution < 1.29 is 22.7 Å². The normalized spacial score (nSPS) is 17.5. The van der Waals surface area contributed by atoms with E-state index >= 15 is 0 Å². The van der Waals surface area contributed by atoms with Gasteiger partial charge in [0.2, 0.25) is 15.9 Å². The Morgan fingerprint density at radius 3 is 2.61 bits per heavy atom. The number of hydrogen-bond donors (Lipinski definition) is 1.